The van der Waals surface area contributed by atoms with Crippen LogP contribution in [0.1, 0.15) is 41.0 Å². The smallest absolute Gasteiger partial charge is 0.131 e. The lowest BCUT2D eigenvalue weighted by Crippen LogP contribution is -2.22. The molecule has 0 spiro atoms. The lowest BCUT2D eigenvalue weighted by Gasteiger charge is -2.23. The summed E-state index contributed by atoms with van der Waals surface area (Å²) < 4.78 is 0. The van der Waals surface area contributed by atoms with E-state index in [0.29, 0.717) is 6.04 Å². The highest BCUT2D eigenvalue weighted by Crippen LogP contribution is 2.20. The third kappa shape index (κ3) is 5.02. The van der Waals surface area contributed by atoms with E-state index >= 15 is 0 Å². The molecule has 1 heterocycles. The van der Waals surface area contributed by atoms with Crippen LogP contribution in [0.4, 0.5) is 11.6 Å². The van der Waals surface area contributed by atoms with Crippen molar-refractivity contribution in [1.82, 2.24) is 9.97 Å². The van der Waals surface area contributed by atoms with Crippen molar-refractivity contribution in [2.45, 2.75) is 47.1 Å². The normalized spacial score (nSPS) is 11.6. The van der Waals surface area contributed by atoms with Gasteiger partial charge in [-0.25, -0.2) is 9.97 Å². The van der Waals surface area contributed by atoms with Gasteiger partial charge in [0.1, 0.15) is 18.0 Å². The van der Waals surface area contributed by atoms with Crippen LogP contribution >= 0.6 is 0 Å². The maximum Gasteiger partial charge on any atom is 0.131 e. The molecule has 96 valence electrons. The Bertz CT molecular complexity index is 347. The summed E-state index contributed by atoms with van der Waals surface area (Å²) in [4.78, 5) is 8.40. The summed E-state index contributed by atoms with van der Waals surface area (Å²) in [5, 5.41) is 6.62. The highest BCUT2D eigenvalue weighted by Gasteiger charge is 2.14. The van der Waals surface area contributed by atoms with E-state index in [0.717, 1.165) is 24.6 Å². The third-order valence-corrected chi connectivity index (χ3v) is 2.81. The molecule has 1 rings (SSSR count). The molecule has 2 N–H and O–H groups in total. The van der Waals surface area contributed by atoms with Crippen LogP contribution < -0.4 is 10.6 Å². The number of nitrogens with zero attached hydrogens (tertiary/aromatic N) is 2. The zero-order valence-corrected chi connectivity index (χ0v) is 11.5. The van der Waals surface area contributed by atoms with Gasteiger partial charge in [-0.05, 0) is 25.7 Å². The zero-order chi connectivity index (χ0) is 12.9. The molecule has 0 amide bonds. The summed E-state index contributed by atoms with van der Waals surface area (Å²) >= 11 is 0. The molecule has 4 heteroatoms. The quantitative estimate of drug-likeness (QED) is 0.796. The van der Waals surface area contributed by atoms with Crippen LogP contribution in [0.2, 0.25) is 0 Å². The van der Waals surface area contributed by atoms with E-state index in [1.165, 1.54) is 0 Å². The molecule has 1 aromatic heterocycles. The van der Waals surface area contributed by atoms with Crippen molar-refractivity contribution in [2.24, 2.45) is 5.41 Å². The van der Waals surface area contributed by atoms with Gasteiger partial charge in [-0.2, -0.15) is 0 Å². The molecule has 1 aromatic rings. The highest BCUT2D eigenvalue weighted by molar-refractivity contribution is 5.46. The van der Waals surface area contributed by atoms with Crippen molar-refractivity contribution in [3.05, 3.63) is 12.4 Å². The molecule has 0 aliphatic carbocycles. The Morgan fingerprint density at radius 3 is 2.47 bits per heavy atom. The zero-order valence-electron chi connectivity index (χ0n) is 11.5. The largest absolute Gasteiger partial charge is 0.369 e. The third-order valence-electron chi connectivity index (χ3n) is 2.81. The first-order chi connectivity index (χ1) is 7.93. The number of hydrogen-bond donors (Lipinski definition) is 2. The van der Waals surface area contributed by atoms with Crippen molar-refractivity contribution in [1.29, 1.82) is 0 Å². The molecule has 0 aliphatic rings. The van der Waals surface area contributed by atoms with Gasteiger partial charge >= 0.3 is 0 Å². The second-order valence-corrected chi connectivity index (χ2v) is 5.46. The fourth-order valence-corrected chi connectivity index (χ4v) is 1.28. The van der Waals surface area contributed by atoms with E-state index in [2.05, 4.69) is 55.2 Å². The Hall–Kier alpha value is -1.32. The minimum Gasteiger partial charge on any atom is -0.369 e. The van der Waals surface area contributed by atoms with Gasteiger partial charge in [0.15, 0.2) is 0 Å². The minimum absolute atomic E-state index is 0.288. The van der Waals surface area contributed by atoms with Gasteiger partial charge in [-0.1, -0.05) is 20.8 Å². The maximum atomic E-state index is 4.22. The molecule has 0 bridgehead atoms. The van der Waals surface area contributed by atoms with Crippen molar-refractivity contribution in [3.8, 4) is 0 Å². The first kappa shape index (κ1) is 13.7. The van der Waals surface area contributed by atoms with E-state index in [9.17, 15) is 0 Å². The Balaban J connectivity index is 2.60. The molecule has 0 unspecified atom stereocenters. The summed E-state index contributed by atoms with van der Waals surface area (Å²) in [5.74, 6) is 1.75. The molecule has 17 heavy (non-hydrogen) atoms. The van der Waals surface area contributed by atoms with Crippen molar-refractivity contribution in [3.63, 3.8) is 0 Å². The fraction of sp³-hybridized carbons (Fsp3) is 0.692. The summed E-state index contributed by atoms with van der Waals surface area (Å²) in [6.07, 6.45) is 2.73. The van der Waals surface area contributed by atoms with E-state index in [4.69, 9.17) is 0 Å². The summed E-state index contributed by atoms with van der Waals surface area (Å²) in [7, 11) is 0. The first-order valence-electron chi connectivity index (χ1n) is 6.25. The van der Waals surface area contributed by atoms with Crippen molar-refractivity contribution < 1.29 is 0 Å². The molecule has 0 radical (unpaired) electrons. The molecule has 0 fully saturated rings. The number of nitrogens with one attached hydrogen (secondary N) is 2. The van der Waals surface area contributed by atoms with E-state index in [1.807, 2.05) is 6.07 Å². The second kappa shape index (κ2) is 5.84. The van der Waals surface area contributed by atoms with Gasteiger partial charge in [0.2, 0.25) is 0 Å². The number of hydrogen-bond acceptors (Lipinski definition) is 4. The van der Waals surface area contributed by atoms with Crippen LogP contribution in [0.3, 0.4) is 0 Å². The van der Waals surface area contributed by atoms with Crippen LogP contribution in [-0.2, 0) is 0 Å². The van der Waals surface area contributed by atoms with Gasteiger partial charge < -0.3 is 10.6 Å². The molecule has 0 atom stereocenters. The van der Waals surface area contributed by atoms with E-state index in [1.54, 1.807) is 6.33 Å². The van der Waals surface area contributed by atoms with Gasteiger partial charge in [-0.15, -0.1) is 0 Å². The van der Waals surface area contributed by atoms with Gasteiger partial charge in [0.25, 0.3) is 0 Å². The first-order valence-corrected chi connectivity index (χ1v) is 6.25. The fourth-order valence-electron chi connectivity index (χ4n) is 1.28. The van der Waals surface area contributed by atoms with Crippen LogP contribution in [0.25, 0.3) is 0 Å². The van der Waals surface area contributed by atoms with E-state index in [-0.39, 0.29) is 5.41 Å². The van der Waals surface area contributed by atoms with Crippen molar-refractivity contribution in [2.75, 3.05) is 17.2 Å². The lowest BCUT2D eigenvalue weighted by atomic mass is 9.90. The predicted molar refractivity (Wildman–Crippen MR) is 73.4 cm³/mol. The second-order valence-electron chi connectivity index (χ2n) is 5.46. The average Bonchev–Trinajstić information content (AvgIpc) is 2.26. The minimum atomic E-state index is 0.288. The number of anilines is 2. The lowest BCUT2D eigenvalue weighted by molar-refractivity contribution is 0.376. The topological polar surface area (TPSA) is 49.8 Å². The molecular formula is C13H24N4. The average molecular weight is 236 g/mol. The molecular weight excluding hydrogens is 212 g/mol. The van der Waals surface area contributed by atoms with Gasteiger partial charge in [0.05, 0.1) is 0 Å². The van der Waals surface area contributed by atoms with Crippen LogP contribution in [0.5, 0.6) is 0 Å². The molecule has 0 aromatic carbocycles. The number of aromatic nitrogens is 2. The Kier molecular flexibility index (Phi) is 4.73. The molecule has 0 aliphatic heterocycles. The Labute approximate surface area is 104 Å². The molecule has 0 saturated heterocycles. The number of rotatable bonds is 6. The maximum absolute atomic E-state index is 4.22. The van der Waals surface area contributed by atoms with E-state index < -0.39 is 0 Å². The molecule has 0 saturated carbocycles. The summed E-state index contributed by atoms with van der Waals surface area (Å²) in [5.41, 5.74) is 0.288. The van der Waals surface area contributed by atoms with Crippen LogP contribution in [0, 0.1) is 5.41 Å². The Morgan fingerprint density at radius 2 is 1.88 bits per heavy atom. The van der Waals surface area contributed by atoms with Crippen molar-refractivity contribution >= 4 is 11.6 Å². The van der Waals surface area contributed by atoms with Gasteiger partial charge in [-0.3, -0.25) is 0 Å². The molecule has 4 nitrogen and oxygen atoms in total. The standard InChI is InChI=1S/C13H24N4/c1-6-13(4,5)8-14-11-7-12(16-9-15-11)17-10(2)3/h7,9-10H,6,8H2,1-5H3,(H2,14,15,16,17). The predicted octanol–water partition coefficient (Wildman–Crippen LogP) is 3.15. The SMILES string of the molecule is CCC(C)(C)CNc1cc(NC(C)C)ncn1. The summed E-state index contributed by atoms with van der Waals surface area (Å²) in [6.45, 7) is 11.8. The van der Waals surface area contributed by atoms with Crippen LogP contribution in [0.15, 0.2) is 12.4 Å². The summed E-state index contributed by atoms with van der Waals surface area (Å²) in [6, 6.07) is 2.33. The van der Waals surface area contributed by atoms with Gasteiger partial charge in [0, 0.05) is 18.7 Å². The Morgan fingerprint density at radius 1 is 1.24 bits per heavy atom. The monoisotopic (exact) mass is 236 g/mol. The highest BCUT2D eigenvalue weighted by atomic mass is 15.1. The van der Waals surface area contributed by atoms with Crippen LogP contribution in [-0.4, -0.2) is 22.6 Å².